The molecule has 3 N–H and O–H groups in total. The molecule has 0 amide bonds. The predicted octanol–water partition coefficient (Wildman–Crippen LogP) is 1.08. The zero-order valence-electron chi connectivity index (χ0n) is 10.8. The zero-order valence-corrected chi connectivity index (χ0v) is 10.8. The second-order valence-corrected chi connectivity index (χ2v) is 5.88. The summed E-state index contributed by atoms with van der Waals surface area (Å²) < 4.78 is 0. The van der Waals surface area contributed by atoms with E-state index in [-0.39, 0.29) is 5.41 Å². The molecule has 1 saturated heterocycles. The van der Waals surface area contributed by atoms with Crippen LogP contribution in [0.25, 0.3) is 0 Å². The molecule has 0 bridgehead atoms. The van der Waals surface area contributed by atoms with Crippen molar-refractivity contribution < 1.29 is 0 Å². The lowest BCUT2D eigenvalue weighted by Gasteiger charge is -2.38. The van der Waals surface area contributed by atoms with Crippen molar-refractivity contribution >= 4 is 11.5 Å². The molecule has 0 unspecified atom stereocenters. The first-order valence-electron chi connectivity index (χ1n) is 6.01. The number of nitrogens with two attached hydrogens (primary N) is 1. The Bertz CT molecular complexity index is 379. The van der Waals surface area contributed by atoms with Gasteiger partial charge in [-0.25, -0.2) is 0 Å². The number of anilines is 2. The second-order valence-electron chi connectivity index (χ2n) is 5.88. The van der Waals surface area contributed by atoms with Crippen molar-refractivity contribution in [1.29, 1.82) is 0 Å². The molecular formula is C12H21N5. The molecule has 0 aliphatic carbocycles. The van der Waals surface area contributed by atoms with Crippen LogP contribution in [0.2, 0.25) is 0 Å². The average molecular weight is 235 g/mol. The standard InChI is InChI=1S/C12H21N5/c1-12(2,3)8-14-11-4-10(5-15-16-11)17-6-9(13)7-17/h4-5,9H,6-8,13H2,1-3H3,(H,14,16). The van der Waals surface area contributed by atoms with Crippen LogP contribution in [-0.4, -0.2) is 35.9 Å². The molecule has 1 fully saturated rings. The highest BCUT2D eigenvalue weighted by Gasteiger charge is 2.23. The van der Waals surface area contributed by atoms with Gasteiger partial charge in [0.1, 0.15) is 0 Å². The van der Waals surface area contributed by atoms with Gasteiger partial charge >= 0.3 is 0 Å². The molecule has 2 rings (SSSR count). The Kier molecular flexibility index (Phi) is 3.19. The molecule has 17 heavy (non-hydrogen) atoms. The molecule has 0 saturated carbocycles. The van der Waals surface area contributed by atoms with Crippen LogP contribution in [0.3, 0.4) is 0 Å². The minimum Gasteiger partial charge on any atom is -0.368 e. The maximum Gasteiger partial charge on any atom is 0.150 e. The lowest BCUT2D eigenvalue weighted by molar-refractivity contribution is 0.442. The maximum atomic E-state index is 5.77. The summed E-state index contributed by atoms with van der Waals surface area (Å²) in [7, 11) is 0. The first kappa shape index (κ1) is 12.1. The molecule has 1 aromatic heterocycles. The summed E-state index contributed by atoms with van der Waals surface area (Å²) in [4.78, 5) is 2.21. The summed E-state index contributed by atoms with van der Waals surface area (Å²) in [6.07, 6.45) is 1.79. The van der Waals surface area contributed by atoms with Crippen molar-refractivity contribution in [2.75, 3.05) is 29.9 Å². The highest BCUT2D eigenvalue weighted by molar-refractivity contribution is 5.54. The minimum atomic E-state index is 0.233. The van der Waals surface area contributed by atoms with Crippen LogP contribution >= 0.6 is 0 Å². The van der Waals surface area contributed by atoms with E-state index >= 15 is 0 Å². The molecule has 0 aromatic carbocycles. The fraction of sp³-hybridized carbons (Fsp3) is 0.667. The van der Waals surface area contributed by atoms with E-state index < -0.39 is 0 Å². The van der Waals surface area contributed by atoms with Gasteiger partial charge in [0, 0.05) is 31.7 Å². The summed E-state index contributed by atoms with van der Waals surface area (Å²) in [6, 6.07) is 2.33. The Balaban J connectivity index is 1.97. The fourth-order valence-corrected chi connectivity index (χ4v) is 1.69. The molecule has 1 aliphatic rings. The third kappa shape index (κ3) is 3.30. The van der Waals surface area contributed by atoms with E-state index in [9.17, 15) is 0 Å². The Morgan fingerprint density at radius 3 is 2.76 bits per heavy atom. The van der Waals surface area contributed by atoms with E-state index in [1.165, 1.54) is 0 Å². The smallest absolute Gasteiger partial charge is 0.150 e. The van der Waals surface area contributed by atoms with Crippen molar-refractivity contribution in [3.63, 3.8) is 0 Å². The van der Waals surface area contributed by atoms with Gasteiger partial charge in [-0.05, 0) is 5.41 Å². The van der Waals surface area contributed by atoms with E-state index in [0.717, 1.165) is 31.1 Å². The summed E-state index contributed by atoms with van der Waals surface area (Å²) in [5.74, 6) is 0.831. The van der Waals surface area contributed by atoms with Crippen LogP contribution in [-0.2, 0) is 0 Å². The third-order valence-corrected chi connectivity index (χ3v) is 2.71. The van der Waals surface area contributed by atoms with Gasteiger partial charge in [0.15, 0.2) is 5.82 Å². The monoisotopic (exact) mass is 235 g/mol. The molecular weight excluding hydrogens is 214 g/mol. The number of nitrogens with one attached hydrogen (secondary N) is 1. The van der Waals surface area contributed by atoms with Crippen LogP contribution in [0.4, 0.5) is 11.5 Å². The molecule has 5 nitrogen and oxygen atoms in total. The van der Waals surface area contributed by atoms with Crippen molar-refractivity contribution in [1.82, 2.24) is 10.2 Å². The van der Waals surface area contributed by atoms with Crippen molar-refractivity contribution in [2.24, 2.45) is 11.1 Å². The summed E-state index contributed by atoms with van der Waals surface area (Å²) in [5, 5.41) is 11.4. The molecule has 2 heterocycles. The van der Waals surface area contributed by atoms with Gasteiger partial charge in [-0.15, -0.1) is 5.10 Å². The molecule has 1 aromatic rings. The first-order chi connectivity index (χ1) is 7.94. The van der Waals surface area contributed by atoms with Gasteiger partial charge in [-0.3, -0.25) is 0 Å². The molecule has 5 heteroatoms. The van der Waals surface area contributed by atoms with E-state index in [1.807, 2.05) is 6.07 Å². The molecule has 1 aliphatic heterocycles. The summed E-state index contributed by atoms with van der Waals surface area (Å²) in [6.45, 7) is 9.25. The van der Waals surface area contributed by atoms with Crippen molar-refractivity contribution in [2.45, 2.75) is 26.8 Å². The van der Waals surface area contributed by atoms with Gasteiger partial charge in [0.2, 0.25) is 0 Å². The van der Waals surface area contributed by atoms with Gasteiger partial charge < -0.3 is 16.0 Å². The second kappa shape index (κ2) is 4.49. The number of aromatic nitrogens is 2. The van der Waals surface area contributed by atoms with E-state index in [2.05, 4.69) is 41.2 Å². The van der Waals surface area contributed by atoms with Gasteiger partial charge in [-0.1, -0.05) is 20.8 Å². The van der Waals surface area contributed by atoms with Crippen LogP contribution in [0.5, 0.6) is 0 Å². The lowest BCUT2D eigenvalue weighted by Crippen LogP contribution is -2.55. The van der Waals surface area contributed by atoms with E-state index in [0.29, 0.717) is 6.04 Å². The number of nitrogens with zero attached hydrogens (tertiary/aromatic N) is 3. The van der Waals surface area contributed by atoms with E-state index in [1.54, 1.807) is 6.20 Å². The lowest BCUT2D eigenvalue weighted by atomic mass is 9.97. The normalized spacial score (nSPS) is 16.8. The number of rotatable bonds is 3. The number of hydrogen-bond donors (Lipinski definition) is 2. The predicted molar refractivity (Wildman–Crippen MR) is 70.2 cm³/mol. The Morgan fingerprint density at radius 1 is 1.47 bits per heavy atom. The zero-order chi connectivity index (χ0) is 12.5. The van der Waals surface area contributed by atoms with Crippen LogP contribution in [0, 0.1) is 5.41 Å². The minimum absolute atomic E-state index is 0.233. The quantitative estimate of drug-likeness (QED) is 0.820. The SMILES string of the molecule is CC(C)(C)CNc1cc(N2CC(N)C2)cnn1. The van der Waals surface area contributed by atoms with Gasteiger partial charge in [0.05, 0.1) is 11.9 Å². The van der Waals surface area contributed by atoms with Gasteiger partial charge in [0.25, 0.3) is 0 Å². The largest absolute Gasteiger partial charge is 0.368 e. The Morgan fingerprint density at radius 2 is 2.18 bits per heavy atom. The molecule has 94 valence electrons. The highest BCUT2D eigenvalue weighted by Crippen LogP contribution is 2.21. The highest BCUT2D eigenvalue weighted by atomic mass is 15.2. The molecule has 0 radical (unpaired) electrons. The fourth-order valence-electron chi connectivity index (χ4n) is 1.69. The van der Waals surface area contributed by atoms with Crippen LogP contribution in [0.15, 0.2) is 12.3 Å². The Labute approximate surface area is 102 Å². The molecule has 0 atom stereocenters. The van der Waals surface area contributed by atoms with Gasteiger partial charge in [-0.2, -0.15) is 5.10 Å². The third-order valence-electron chi connectivity index (χ3n) is 2.71. The average Bonchev–Trinajstić information content (AvgIpc) is 2.21. The van der Waals surface area contributed by atoms with Crippen LogP contribution < -0.4 is 16.0 Å². The van der Waals surface area contributed by atoms with Crippen molar-refractivity contribution in [3.05, 3.63) is 12.3 Å². The molecule has 0 spiro atoms. The number of hydrogen-bond acceptors (Lipinski definition) is 5. The van der Waals surface area contributed by atoms with E-state index in [4.69, 9.17) is 5.73 Å². The van der Waals surface area contributed by atoms with Crippen LogP contribution in [0.1, 0.15) is 20.8 Å². The summed E-state index contributed by atoms with van der Waals surface area (Å²) >= 11 is 0. The summed E-state index contributed by atoms with van der Waals surface area (Å²) in [5.41, 5.74) is 7.10. The maximum absolute atomic E-state index is 5.77. The topological polar surface area (TPSA) is 67.1 Å². The Hall–Kier alpha value is -1.36. The first-order valence-corrected chi connectivity index (χ1v) is 6.01. The van der Waals surface area contributed by atoms with Crippen molar-refractivity contribution in [3.8, 4) is 0 Å².